The topological polar surface area (TPSA) is 83.6 Å². The second kappa shape index (κ2) is 6.48. The zero-order valence-electron chi connectivity index (χ0n) is 11.0. The highest BCUT2D eigenvalue weighted by Gasteiger charge is 2.33. The Morgan fingerprint density at radius 1 is 1.45 bits per heavy atom. The summed E-state index contributed by atoms with van der Waals surface area (Å²) < 4.78 is 27.0. The van der Waals surface area contributed by atoms with Crippen molar-refractivity contribution < 1.29 is 13.5 Å². The normalized spacial score (nSPS) is 16.9. The first-order valence-corrected chi connectivity index (χ1v) is 9.15. The fourth-order valence-corrected chi connectivity index (χ4v) is 5.65. The molecule has 0 aliphatic heterocycles. The van der Waals surface area contributed by atoms with Gasteiger partial charge in [-0.05, 0) is 25.0 Å². The fraction of sp³-hybridized carbons (Fsp3) is 0.583. The van der Waals surface area contributed by atoms with Gasteiger partial charge in [0.05, 0.1) is 11.5 Å². The number of aliphatic hydroxyl groups excluding tert-OH is 1. The molecule has 5 nitrogen and oxygen atoms in total. The molecule has 112 valence electrons. The van der Waals surface area contributed by atoms with Gasteiger partial charge in [0, 0.05) is 12.6 Å². The second-order valence-corrected chi connectivity index (χ2v) is 8.40. The standard InChI is InChI=1S/C12H18N2O3S3/c13-12(18)10-5-6-11(19-10)20(16,17)14(7-8-15)9-3-1-2-4-9/h5-6,9,15H,1-4,7-8H2,(H2,13,18). The molecule has 0 bridgehead atoms. The molecule has 0 atom stereocenters. The number of aliphatic hydroxyl groups is 1. The molecule has 2 rings (SSSR count). The van der Waals surface area contributed by atoms with Gasteiger partial charge in [0.2, 0.25) is 0 Å². The number of nitrogens with two attached hydrogens (primary N) is 1. The molecule has 1 fully saturated rings. The van der Waals surface area contributed by atoms with Crippen molar-refractivity contribution in [1.82, 2.24) is 4.31 Å². The van der Waals surface area contributed by atoms with Gasteiger partial charge in [0.1, 0.15) is 9.20 Å². The van der Waals surface area contributed by atoms with Crippen LogP contribution in [0.4, 0.5) is 0 Å². The Bertz CT molecular complexity index is 577. The summed E-state index contributed by atoms with van der Waals surface area (Å²) in [7, 11) is -3.58. The van der Waals surface area contributed by atoms with Crippen LogP contribution in [0.15, 0.2) is 16.3 Å². The van der Waals surface area contributed by atoms with E-state index < -0.39 is 10.0 Å². The molecule has 20 heavy (non-hydrogen) atoms. The monoisotopic (exact) mass is 334 g/mol. The van der Waals surface area contributed by atoms with Crippen molar-refractivity contribution in [2.45, 2.75) is 35.9 Å². The number of hydrogen-bond acceptors (Lipinski definition) is 5. The number of rotatable bonds is 6. The Hall–Kier alpha value is -0.540. The molecular weight excluding hydrogens is 316 g/mol. The van der Waals surface area contributed by atoms with Crippen LogP contribution in [0.2, 0.25) is 0 Å². The third-order valence-electron chi connectivity index (χ3n) is 3.44. The van der Waals surface area contributed by atoms with Crippen molar-refractivity contribution in [1.29, 1.82) is 0 Å². The third kappa shape index (κ3) is 3.20. The van der Waals surface area contributed by atoms with Crippen LogP contribution in [0, 0.1) is 0 Å². The Kier molecular flexibility index (Phi) is 5.14. The van der Waals surface area contributed by atoms with Crippen LogP contribution < -0.4 is 5.73 Å². The lowest BCUT2D eigenvalue weighted by atomic mass is 10.2. The zero-order chi connectivity index (χ0) is 14.8. The number of sulfonamides is 1. The van der Waals surface area contributed by atoms with Gasteiger partial charge in [0.25, 0.3) is 10.0 Å². The maximum Gasteiger partial charge on any atom is 0.252 e. The molecule has 0 amide bonds. The van der Waals surface area contributed by atoms with Crippen molar-refractivity contribution in [3.05, 3.63) is 17.0 Å². The minimum absolute atomic E-state index is 0.0115. The van der Waals surface area contributed by atoms with Crippen molar-refractivity contribution in [2.24, 2.45) is 5.73 Å². The van der Waals surface area contributed by atoms with Crippen molar-refractivity contribution in [3.8, 4) is 0 Å². The molecule has 0 unspecified atom stereocenters. The number of thiocarbonyl (C=S) groups is 1. The lowest BCUT2D eigenvalue weighted by Gasteiger charge is -2.26. The van der Waals surface area contributed by atoms with Crippen molar-refractivity contribution in [2.75, 3.05) is 13.2 Å². The number of thiophene rings is 1. The molecule has 0 aromatic carbocycles. The number of nitrogens with zero attached hydrogens (tertiary/aromatic N) is 1. The average molecular weight is 334 g/mol. The summed E-state index contributed by atoms with van der Waals surface area (Å²) in [4.78, 5) is 0.792. The molecule has 0 spiro atoms. The fourth-order valence-electron chi connectivity index (χ4n) is 2.50. The van der Waals surface area contributed by atoms with E-state index in [0.717, 1.165) is 37.0 Å². The van der Waals surface area contributed by atoms with E-state index in [1.165, 1.54) is 10.4 Å². The van der Waals surface area contributed by atoms with Crippen LogP contribution in [-0.2, 0) is 10.0 Å². The predicted molar refractivity (Wildman–Crippen MR) is 83.4 cm³/mol. The van der Waals surface area contributed by atoms with Crippen LogP contribution in [0.3, 0.4) is 0 Å². The van der Waals surface area contributed by atoms with Crippen LogP contribution in [0.25, 0.3) is 0 Å². The van der Waals surface area contributed by atoms with E-state index in [0.29, 0.717) is 4.88 Å². The minimum atomic E-state index is -3.58. The van der Waals surface area contributed by atoms with Crippen LogP contribution >= 0.6 is 23.6 Å². The van der Waals surface area contributed by atoms with Gasteiger partial charge in [-0.25, -0.2) is 8.42 Å². The van der Waals surface area contributed by atoms with Crippen molar-refractivity contribution in [3.63, 3.8) is 0 Å². The van der Waals surface area contributed by atoms with E-state index in [1.807, 2.05) is 0 Å². The summed E-state index contributed by atoms with van der Waals surface area (Å²) in [6, 6.07) is 3.15. The van der Waals surface area contributed by atoms with E-state index in [1.54, 1.807) is 6.07 Å². The zero-order valence-corrected chi connectivity index (χ0v) is 13.4. The van der Waals surface area contributed by atoms with Crippen LogP contribution in [-0.4, -0.2) is 42.0 Å². The second-order valence-electron chi connectivity index (χ2n) is 4.76. The smallest absolute Gasteiger partial charge is 0.252 e. The number of hydrogen-bond donors (Lipinski definition) is 2. The van der Waals surface area contributed by atoms with E-state index >= 15 is 0 Å². The Labute approximate surface area is 128 Å². The van der Waals surface area contributed by atoms with Gasteiger partial charge in [-0.1, -0.05) is 25.1 Å². The molecule has 1 aromatic rings. The van der Waals surface area contributed by atoms with E-state index in [4.69, 9.17) is 23.1 Å². The third-order valence-corrected chi connectivity index (χ3v) is 7.33. The van der Waals surface area contributed by atoms with E-state index in [9.17, 15) is 8.42 Å². The maximum atomic E-state index is 12.7. The SMILES string of the molecule is NC(=S)c1ccc(S(=O)(=O)N(CCO)C2CCCC2)s1. The first kappa shape index (κ1) is 15.8. The summed E-state index contributed by atoms with van der Waals surface area (Å²) in [6.07, 6.45) is 3.77. The molecule has 8 heteroatoms. The summed E-state index contributed by atoms with van der Waals surface area (Å²) in [5.74, 6) is 0. The molecule has 0 radical (unpaired) electrons. The van der Waals surface area contributed by atoms with Gasteiger partial charge in [-0.3, -0.25) is 0 Å². The summed E-state index contributed by atoms with van der Waals surface area (Å²) in [5.41, 5.74) is 5.52. The highest BCUT2D eigenvalue weighted by atomic mass is 32.2. The molecule has 1 aromatic heterocycles. The van der Waals surface area contributed by atoms with E-state index in [-0.39, 0.29) is 28.4 Å². The first-order chi connectivity index (χ1) is 9.46. The van der Waals surface area contributed by atoms with Gasteiger partial charge < -0.3 is 10.8 Å². The lowest BCUT2D eigenvalue weighted by Crippen LogP contribution is -2.40. The van der Waals surface area contributed by atoms with Crippen LogP contribution in [0.1, 0.15) is 30.6 Å². The predicted octanol–water partition coefficient (Wildman–Crippen LogP) is 1.31. The Balaban J connectivity index is 2.31. The molecule has 1 saturated carbocycles. The highest BCUT2D eigenvalue weighted by molar-refractivity contribution is 7.91. The highest BCUT2D eigenvalue weighted by Crippen LogP contribution is 2.31. The molecule has 3 N–H and O–H groups in total. The quantitative estimate of drug-likeness (QED) is 0.766. The summed E-state index contributed by atoms with van der Waals surface area (Å²) in [5, 5.41) is 9.16. The Morgan fingerprint density at radius 2 is 2.10 bits per heavy atom. The molecule has 0 saturated heterocycles. The summed E-state index contributed by atoms with van der Waals surface area (Å²) in [6.45, 7) is -0.0451. The lowest BCUT2D eigenvalue weighted by molar-refractivity contribution is 0.226. The van der Waals surface area contributed by atoms with E-state index in [2.05, 4.69) is 0 Å². The first-order valence-electron chi connectivity index (χ1n) is 6.49. The largest absolute Gasteiger partial charge is 0.395 e. The molecule has 1 heterocycles. The maximum absolute atomic E-state index is 12.7. The van der Waals surface area contributed by atoms with Gasteiger partial charge in [-0.2, -0.15) is 4.31 Å². The molecule has 1 aliphatic rings. The molecular formula is C12H18N2O3S3. The van der Waals surface area contributed by atoms with Crippen LogP contribution in [0.5, 0.6) is 0 Å². The van der Waals surface area contributed by atoms with Gasteiger partial charge >= 0.3 is 0 Å². The van der Waals surface area contributed by atoms with Crippen molar-refractivity contribution >= 4 is 38.6 Å². The van der Waals surface area contributed by atoms with Gasteiger partial charge in [-0.15, -0.1) is 11.3 Å². The minimum Gasteiger partial charge on any atom is -0.395 e. The molecule has 1 aliphatic carbocycles. The Morgan fingerprint density at radius 3 is 2.60 bits per heavy atom. The summed E-state index contributed by atoms with van der Waals surface area (Å²) >= 11 is 5.95. The van der Waals surface area contributed by atoms with Gasteiger partial charge in [0.15, 0.2) is 0 Å². The average Bonchev–Trinajstić information content (AvgIpc) is 3.06.